The first-order valence-corrected chi connectivity index (χ1v) is 8.58. The summed E-state index contributed by atoms with van der Waals surface area (Å²) in [6, 6.07) is 5.41. The number of alkyl carbamates (subject to hydrolysis) is 1. The number of nitrogens with one attached hydrogen (secondary N) is 1. The van der Waals surface area contributed by atoms with Gasteiger partial charge < -0.3 is 14.8 Å². The van der Waals surface area contributed by atoms with Gasteiger partial charge in [-0.1, -0.05) is 0 Å². The van der Waals surface area contributed by atoms with Crippen LogP contribution in [0.2, 0.25) is 0 Å². The molecule has 0 aliphatic carbocycles. The number of ether oxygens (including phenoxy) is 2. The van der Waals surface area contributed by atoms with Crippen molar-refractivity contribution in [1.82, 2.24) is 5.32 Å². The van der Waals surface area contributed by atoms with Gasteiger partial charge in [0.2, 0.25) is 0 Å². The Balaban J connectivity index is 2.63. The summed E-state index contributed by atoms with van der Waals surface area (Å²) in [4.78, 5) is 22.8. The average molecular weight is 343 g/mol. The van der Waals surface area contributed by atoms with E-state index in [1.807, 2.05) is 0 Å². The molecule has 0 aliphatic heterocycles. The highest BCUT2D eigenvalue weighted by molar-refractivity contribution is 7.91. The van der Waals surface area contributed by atoms with Crippen molar-refractivity contribution in [3.63, 3.8) is 0 Å². The summed E-state index contributed by atoms with van der Waals surface area (Å²) in [5.74, 6) is -0.815. The molecule has 0 fully saturated rings. The topological polar surface area (TPSA) is 98.8 Å². The predicted octanol–water partition coefficient (Wildman–Crippen LogP) is 1.77. The molecule has 1 rings (SSSR count). The fourth-order valence-corrected chi connectivity index (χ4v) is 2.79. The van der Waals surface area contributed by atoms with E-state index in [2.05, 4.69) is 10.1 Å². The van der Waals surface area contributed by atoms with E-state index in [-0.39, 0.29) is 22.8 Å². The van der Waals surface area contributed by atoms with Crippen LogP contribution < -0.4 is 5.32 Å². The van der Waals surface area contributed by atoms with Gasteiger partial charge in [0.1, 0.15) is 5.60 Å². The highest BCUT2D eigenvalue weighted by Gasteiger charge is 2.18. The summed E-state index contributed by atoms with van der Waals surface area (Å²) >= 11 is 0. The lowest BCUT2D eigenvalue weighted by Crippen LogP contribution is -2.35. The Labute approximate surface area is 135 Å². The van der Waals surface area contributed by atoms with Crippen LogP contribution in [0.4, 0.5) is 4.79 Å². The maximum absolute atomic E-state index is 12.1. The SMILES string of the molecule is COC(=O)c1ccc(S(=O)(=O)CCNC(=O)OC(C)(C)C)cc1. The third-order valence-electron chi connectivity index (χ3n) is 2.67. The van der Waals surface area contributed by atoms with E-state index < -0.39 is 27.5 Å². The van der Waals surface area contributed by atoms with Gasteiger partial charge in [0.15, 0.2) is 9.84 Å². The molecule has 0 bridgehead atoms. The van der Waals surface area contributed by atoms with E-state index in [4.69, 9.17) is 4.74 Å². The second kappa shape index (κ2) is 7.45. The molecule has 0 heterocycles. The molecule has 0 radical (unpaired) electrons. The lowest BCUT2D eigenvalue weighted by Gasteiger charge is -2.19. The molecule has 0 aromatic heterocycles. The Morgan fingerprint density at radius 1 is 1.13 bits per heavy atom. The molecule has 0 saturated heterocycles. The summed E-state index contributed by atoms with van der Waals surface area (Å²) < 4.78 is 33.8. The Hall–Kier alpha value is -2.09. The van der Waals surface area contributed by atoms with Gasteiger partial charge in [0.05, 0.1) is 23.3 Å². The second-order valence-corrected chi connectivity index (χ2v) is 7.87. The van der Waals surface area contributed by atoms with Crippen molar-refractivity contribution in [3.05, 3.63) is 29.8 Å². The second-order valence-electron chi connectivity index (χ2n) is 5.76. The highest BCUT2D eigenvalue weighted by atomic mass is 32.2. The van der Waals surface area contributed by atoms with Crippen LogP contribution in [0.3, 0.4) is 0 Å². The van der Waals surface area contributed by atoms with Gasteiger partial charge in [-0.2, -0.15) is 0 Å². The van der Waals surface area contributed by atoms with Crippen LogP contribution in [-0.2, 0) is 19.3 Å². The number of esters is 1. The molecule has 7 nitrogen and oxygen atoms in total. The van der Waals surface area contributed by atoms with Crippen molar-refractivity contribution in [2.45, 2.75) is 31.3 Å². The largest absolute Gasteiger partial charge is 0.465 e. The molecule has 23 heavy (non-hydrogen) atoms. The Morgan fingerprint density at radius 2 is 1.70 bits per heavy atom. The number of methoxy groups -OCH3 is 1. The molecule has 0 unspecified atom stereocenters. The number of sulfone groups is 1. The van der Waals surface area contributed by atoms with Crippen molar-refractivity contribution in [2.75, 3.05) is 19.4 Å². The fourth-order valence-electron chi connectivity index (χ4n) is 1.64. The highest BCUT2D eigenvalue weighted by Crippen LogP contribution is 2.13. The van der Waals surface area contributed by atoms with E-state index in [9.17, 15) is 18.0 Å². The zero-order valence-electron chi connectivity index (χ0n) is 13.6. The lowest BCUT2D eigenvalue weighted by atomic mass is 10.2. The molecule has 8 heteroatoms. The zero-order valence-corrected chi connectivity index (χ0v) is 14.4. The minimum atomic E-state index is -3.57. The van der Waals surface area contributed by atoms with Crippen molar-refractivity contribution in [2.24, 2.45) is 0 Å². The quantitative estimate of drug-likeness (QED) is 0.818. The lowest BCUT2D eigenvalue weighted by molar-refractivity contribution is 0.0530. The third-order valence-corrected chi connectivity index (χ3v) is 4.41. The first-order chi connectivity index (χ1) is 10.5. The Morgan fingerprint density at radius 3 is 2.17 bits per heavy atom. The molecule has 128 valence electrons. The first kappa shape index (κ1) is 19.0. The molecule has 1 N–H and O–H groups in total. The third kappa shape index (κ3) is 6.27. The van der Waals surface area contributed by atoms with E-state index in [1.165, 1.54) is 31.4 Å². The zero-order chi connectivity index (χ0) is 17.7. The molecule has 0 spiro atoms. The van der Waals surface area contributed by atoms with Crippen LogP contribution in [0.1, 0.15) is 31.1 Å². The van der Waals surface area contributed by atoms with Gasteiger partial charge in [-0.3, -0.25) is 0 Å². The van der Waals surface area contributed by atoms with Gasteiger partial charge in [-0.15, -0.1) is 0 Å². The van der Waals surface area contributed by atoms with Crippen LogP contribution in [0, 0.1) is 0 Å². The fraction of sp³-hybridized carbons (Fsp3) is 0.467. The van der Waals surface area contributed by atoms with E-state index in [0.717, 1.165) is 0 Å². The van der Waals surface area contributed by atoms with Crippen molar-refractivity contribution in [3.8, 4) is 0 Å². The number of rotatable bonds is 5. The summed E-state index contributed by atoms with van der Waals surface area (Å²) in [5, 5.41) is 2.39. The summed E-state index contributed by atoms with van der Waals surface area (Å²) in [5.41, 5.74) is -0.384. The summed E-state index contributed by atoms with van der Waals surface area (Å²) in [6.07, 6.45) is -0.672. The predicted molar refractivity (Wildman–Crippen MR) is 84.1 cm³/mol. The molecular weight excluding hydrogens is 322 g/mol. The van der Waals surface area contributed by atoms with Crippen molar-refractivity contribution >= 4 is 21.9 Å². The van der Waals surface area contributed by atoms with Gasteiger partial charge in [0.25, 0.3) is 0 Å². The molecule has 1 amide bonds. The smallest absolute Gasteiger partial charge is 0.407 e. The first-order valence-electron chi connectivity index (χ1n) is 6.93. The maximum atomic E-state index is 12.1. The van der Waals surface area contributed by atoms with E-state index in [0.29, 0.717) is 0 Å². The van der Waals surface area contributed by atoms with Gasteiger partial charge >= 0.3 is 12.1 Å². The normalized spacial score (nSPS) is 11.7. The summed E-state index contributed by atoms with van der Waals surface area (Å²) in [6.45, 7) is 5.07. The Kier molecular flexibility index (Phi) is 6.14. The van der Waals surface area contributed by atoms with Crippen LogP contribution in [-0.4, -0.2) is 45.5 Å². The number of carbonyl (C=O) groups is 2. The van der Waals surface area contributed by atoms with Crippen LogP contribution in [0.25, 0.3) is 0 Å². The number of hydrogen-bond acceptors (Lipinski definition) is 6. The molecule has 1 aromatic carbocycles. The minimum absolute atomic E-state index is 0.0659. The number of hydrogen-bond donors (Lipinski definition) is 1. The molecule has 0 atom stereocenters. The van der Waals surface area contributed by atoms with Gasteiger partial charge in [-0.25, -0.2) is 18.0 Å². The molecule has 0 aliphatic rings. The van der Waals surface area contributed by atoms with Crippen LogP contribution >= 0.6 is 0 Å². The minimum Gasteiger partial charge on any atom is -0.465 e. The standard InChI is InChI=1S/C15H21NO6S/c1-15(2,3)22-14(18)16-9-10-23(19,20)12-7-5-11(6-8-12)13(17)21-4/h5-8H,9-10H2,1-4H3,(H,16,18). The Bertz CT molecular complexity index is 658. The van der Waals surface area contributed by atoms with E-state index >= 15 is 0 Å². The van der Waals surface area contributed by atoms with Crippen molar-refractivity contribution in [1.29, 1.82) is 0 Å². The average Bonchev–Trinajstić information content (AvgIpc) is 2.44. The van der Waals surface area contributed by atoms with Crippen LogP contribution in [0.15, 0.2) is 29.2 Å². The molecule has 0 saturated carbocycles. The van der Waals surface area contributed by atoms with E-state index in [1.54, 1.807) is 20.8 Å². The molecular formula is C15H21NO6S. The van der Waals surface area contributed by atoms with Gasteiger partial charge in [-0.05, 0) is 45.0 Å². The van der Waals surface area contributed by atoms with Crippen molar-refractivity contribution < 1.29 is 27.5 Å². The number of carbonyl (C=O) groups excluding carboxylic acids is 2. The number of amides is 1. The monoisotopic (exact) mass is 343 g/mol. The summed E-state index contributed by atoms with van der Waals surface area (Å²) in [7, 11) is -2.33. The maximum Gasteiger partial charge on any atom is 0.407 e. The molecule has 1 aromatic rings. The van der Waals surface area contributed by atoms with Crippen LogP contribution in [0.5, 0.6) is 0 Å². The number of benzene rings is 1. The van der Waals surface area contributed by atoms with Gasteiger partial charge in [0, 0.05) is 6.54 Å².